The van der Waals surface area contributed by atoms with Gasteiger partial charge in [0, 0.05) is 18.4 Å². The van der Waals surface area contributed by atoms with Crippen molar-refractivity contribution in [2.75, 3.05) is 20.2 Å². The van der Waals surface area contributed by atoms with Crippen molar-refractivity contribution in [3.63, 3.8) is 0 Å². The number of piperidine rings is 1. The van der Waals surface area contributed by atoms with Crippen molar-refractivity contribution in [1.29, 1.82) is 0 Å². The third kappa shape index (κ3) is 2.57. The summed E-state index contributed by atoms with van der Waals surface area (Å²) in [4.78, 5) is 10.1. The molecule has 0 bridgehead atoms. The number of hydrogen-bond acceptors (Lipinski definition) is 7. The number of aryl methyl sites for hydroxylation is 1. The summed E-state index contributed by atoms with van der Waals surface area (Å²) in [5.41, 5.74) is 3.54. The highest BCUT2D eigenvalue weighted by atomic mass is 32.1. The molecule has 0 aliphatic carbocycles. The highest BCUT2D eigenvalue weighted by molar-refractivity contribution is 7.19. The van der Waals surface area contributed by atoms with Crippen LogP contribution in [0, 0.1) is 6.92 Å². The first-order valence-electron chi connectivity index (χ1n) is 8.73. The minimum atomic E-state index is 0.530. The van der Waals surface area contributed by atoms with Crippen molar-refractivity contribution < 1.29 is 9.15 Å². The van der Waals surface area contributed by atoms with Crippen LogP contribution in [0.3, 0.4) is 0 Å². The first kappa shape index (κ1) is 15.8. The molecule has 3 aromatic heterocycles. The Hall–Kier alpha value is -2.45. The summed E-state index contributed by atoms with van der Waals surface area (Å²) in [6.45, 7) is 3.95. The maximum Gasteiger partial charge on any atom is 0.212 e. The van der Waals surface area contributed by atoms with Crippen LogP contribution in [0.5, 0.6) is 5.75 Å². The lowest BCUT2D eigenvalue weighted by Crippen LogP contribution is -2.26. The molecule has 5 rings (SSSR count). The lowest BCUT2D eigenvalue weighted by Gasteiger charge is -2.20. The zero-order chi connectivity index (χ0) is 17.7. The molecule has 0 radical (unpaired) electrons. The van der Waals surface area contributed by atoms with Gasteiger partial charge in [-0.1, -0.05) is 11.3 Å². The van der Waals surface area contributed by atoms with Crippen molar-refractivity contribution >= 4 is 27.4 Å². The number of hydrogen-bond donors (Lipinski definition) is 1. The summed E-state index contributed by atoms with van der Waals surface area (Å²) in [6, 6.07) is 3.92. The summed E-state index contributed by atoms with van der Waals surface area (Å²) in [5.74, 6) is 1.84. The number of nitrogens with zero attached hydrogens (tertiary/aromatic N) is 4. The van der Waals surface area contributed by atoms with Crippen LogP contribution in [0.2, 0.25) is 0 Å². The van der Waals surface area contributed by atoms with Gasteiger partial charge in [0.1, 0.15) is 10.8 Å². The maximum atomic E-state index is 5.68. The molecule has 1 N–H and O–H groups in total. The van der Waals surface area contributed by atoms with Gasteiger partial charge in [-0.15, -0.1) is 0 Å². The van der Waals surface area contributed by atoms with E-state index < -0.39 is 0 Å². The zero-order valence-corrected chi connectivity index (χ0v) is 15.5. The van der Waals surface area contributed by atoms with E-state index in [4.69, 9.17) is 19.2 Å². The molecule has 134 valence electrons. The number of methoxy groups -OCH3 is 1. The average Bonchev–Trinajstić information content (AvgIpc) is 3.33. The van der Waals surface area contributed by atoms with E-state index in [1.165, 1.54) is 0 Å². The van der Waals surface area contributed by atoms with Crippen molar-refractivity contribution in [2.24, 2.45) is 0 Å². The Morgan fingerprint density at radius 2 is 2.12 bits per heavy atom. The molecule has 1 aliphatic rings. The molecule has 8 heteroatoms. The molecular formula is C18H19N5O2S. The fourth-order valence-corrected chi connectivity index (χ4v) is 4.41. The van der Waals surface area contributed by atoms with Crippen LogP contribution in [0.1, 0.15) is 30.3 Å². The second kappa shape index (κ2) is 6.07. The number of benzene rings is 1. The topological polar surface area (TPSA) is 77.5 Å². The first-order valence-corrected chi connectivity index (χ1v) is 9.55. The molecule has 1 fully saturated rings. The van der Waals surface area contributed by atoms with Crippen LogP contribution in [-0.4, -0.2) is 39.8 Å². The van der Waals surface area contributed by atoms with Crippen molar-refractivity contribution in [3.05, 3.63) is 29.9 Å². The molecule has 4 heterocycles. The highest BCUT2D eigenvalue weighted by Crippen LogP contribution is 2.35. The molecule has 1 aromatic carbocycles. The van der Waals surface area contributed by atoms with Gasteiger partial charge >= 0.3 is 0 Å². The van der Waals surface area contributed by atoms with Gasteiger partial charge in [0.05, 0.1) is 19.0 Å². The molecule has 0 saturated carbocycles. The fraction of sp³-hybridized carbons (Fsp3) is 0.389. The van der Waals surface area contributed by atoms with E-state index in [0.29, 0.717) is 23.1 Å². The SMILES string of the molecule is COc1cc(-c2nn3cc(C4CCNCC4)nc3s2)cc2oc(C)nc12. The molecule has 1 aliphatic heterocycles. The lowest BCUT2D eigenvalue weighted by atomic mass is 9.95. The molecule has 26 heavy (non-hydrogen) atoms. The smallest absolute Gasteiger partial charge is 0.212 e. The van der Waals surface area contributed by atoms with Crippen molar-refractivity contribution in [3.8, 4) is 16.3 Å². The van der Waals surface area contributed by atoms with E-state index in [1.807, 2.05) is 23.6 Å². The Bertz CT molecular complexity index is 1060. The van der Waals surface area contributed by atoms with Gasteiger partial charge in [-0.2, -0.15) is 5.10 Å². The summed E-state index contributed by atoms with van der Waals surface area (Å²) in [7, 11) is 1.64. The van der Waals surface area contributed by atoms with E-state index in [0.717, 1.165) is 52.7 Å². The van der Waals surface area contributed by atoms with Gasteiger partial charge in [-0.25, -0.2) is 14.5 Å². The Morgan fingerprint density at radius 3 is 2.88 bits per heavy atom. The zero-order valence-electron chi connectivity index (χ0n) is 14.7. The minimum absolute atomic E-state index is 0.530. The summed E-state index contributed by atoms with van der Waals surface area (Å²) in [6.07, 6.45) is 4.34. The number of rotatable bonds is 3. The van der Waals surface area contributed by atoms with Crippen LogP contribution in [0.25, 0.3) is 26.6 Å². The second-order valence-corrected chi connectivity index (χ2v) is 7.54. The fourth-order valence-electron chi connectivity index (χ4n) is 3.54. The molecule has 7 nitrogen and oxygen atoms in total. The lowest BCUT2D eigenvalue weighted by molar-refractivity contribution is 0.419. The maximum absolute atomic E-state index is 5.68. The van der Waals surface area contributed by atoms with E-state index in [-0.39, 0.29) is 0 Å². The predicted octanol–water partition coefficient (Wildman–Crippen LogP) is 3.38. The number of aromatic nitrogens is 4. The van der Waals surface area contributed by atoms with Gasteiger partial charge in [-0.3, -0.25) is 0 Å². The Kier molecular flexibility index (Phi) is 3.68. The molecule has 0 amide bonds. The van der Waals surface area contributed by atoms with Crippen LogP contribution in [-0.2, 0) is 0 Å². The first-order chi connectivity index (χ1) is 12.7. The van der Waals surface area contributed by atoms with E-state index >= 15 is 0 Å². The second-order valence-electron chi connectivity index (χ2n) is 6.58. The van der Waals surface area contributed by atoms with Crippen molar-refractivity contribution in [2.45, 2.75) is 25.7 Å². The number of fused-ring (bicyclic) bond motifs is 2. The van der Waals surface area contributed by atoms with E-state index in [1.54, 1.807) is 18.4 Å². The van der Waals surface area contributed by atoms with Crippen LogP contribution in [0.4, 0.5) is 0 Å². The van der Waals surface area contributed by atoms with Crippen LogP contribution in [0.15, 0.2) is 22.7 Å². The number of ether oxygens (including phenoxy) is 1. The third-order valence-corrected chi connectivity index (χ3v) is 5.82. The largest absolute Gasteiger partial charge is 0.494 e. The number of nitrogens with one attached hydrogen (secondary N) is 1. The van der Waals surface area contributed by atoms with Crippen molar-refractivity contribution in [1.82, 2.24) is 24.9 Å². The van der Waals surface area contributed by atoms with Crippen LogP contribution < -0.4 is 10.1 Å². The van der Waals surface area contributed by atoms with E-state index in [9.17, 15) is 0 Å². The Balaban J connectivity index is 1.54. The molecule has 1 saturated heterocycles. The Morgan fingerprint density at radius 1 is 1.27 bits per heavy atom. The van der Waals surface area contributed by atoms with Gasteiger partial charge in [-0.05, 0) is 38.1 Å². The molecular weight excluding hydrogens is 350 g/mol. The highest BCUT2D eigenvalue weighted by Gasteiger charge is 2.20. The van der Waals surface area contributed by atoms with Gasteiger partial charge in [0.2, 0.25) is 4.96 Å². The number of oxazole rings is 1. The molecule has 0 unspecified atom stereocenters. The molecule has 0 atom stereocenters. The van der Waals surface area contributed by atoms with Gasteiger partial charge in [0.15, 0.2) is 17.0 Å². The molecule has 0 spiro atoms. The molecule has 4 aromatic rings. The van der Waals surface area contributed by atoms with Gasteiger partial charge < -0.3 is 14.5 Å². The Labute approximate surface area is 154 Å². The third-order valence-electron chi connectivity index (χ3n) is 4.85. The number of imidazole rings is 1. The quantitative estimate of drug-likeness (QED) is 0.596. The van der Waals surface area contributed by atoms with E-state index in [2.05, 4.69) is 16.5 Å². The van der Waals surface area contributed by atoms with Gasteiger partial charge in [0.25, 0.3) is 0 Å². The predicted molar refractivity (Wildman–Crippen MR) is 100 cm³/mol. The summed E-state index contributed by atoms with van der Waals surface area (Å²) < 4.78 is 13.1. The summed E-state index contributed by atoms with van der Waals surface area (Å²) >= 11 is 1.58. The monoisotopic (exact) mass is 369 g/mol. The standard InChI is InChI=1S/C18H19N5O2S/c1-10-20-16-14(24-2)7-12(8-15(16)25-10)17-22-23-9-13(21-18(23)26-17)11-3-5-19-6-4-11/h7-9,11,19H,3-6H2,1-2H3. The average molecular weight is 369 g/mol. The van der Waals surface area contributed by atoms with Crippen LogP contribution >= 0.6 is 11.3 Å². The minimum Gasteiger partial charge on any atom is -0.494 e. The summed E-state index contributed by atoms with van der Waals surface area (Å²) in [5, 5.41) is 9.01. The normalized spacial score (nSPS) is 15.9.